The summed E-state index contributed by atoms with van der Waals surface area (Å²) in [7, 11) is 0. The Hall–Kier alpha value is -1.76. The van der Waals surface area contributed by atoms with Crippen LogP contribution in [-0.2, 0) is 6.42 Å². The lowest BCUT2D eigenvalue weighted by molar-refractivity contribution is 0.616. The first-order valence-corrected chi connectivity index (χ1v) is 6.28. The predicted octanol–water partition coefficient (Wildman–Crippen LogP) is 3.74. The van der Waals surface area contributed by atoms with Crippen LogP contribution in [0.1, 0.15) is 35.4 Å². The van der Waals surface area contributed by atoms with Gasteiger partial charge in [-0.3, -0.25) is 0 Å². The van der Waals surface area contributed by atoms with Crippen molar-refractivity contribution in [3.63, 3.8) is 0 Å². The number of hydrogen-bond acceptors (Lipinski definition) is 1. The molecule has 1 heteroatoms. The highest BCUT2D eigenvalue weighted by Gasteiger charge is 2.20. The second-order valence-electron chi connectivity index (χ2n) is 4.81. The van der Waals surface area contributed by atoms with Gasteiger partial charge < -0.3 is 5.73 Å². The minimum Gasteiger partial charge on any atom is -0.399 e. The van der Waals surface area contributed by atoms with E-state index in [4.69, 9.17) is 5.73 Å². The molecule has 2 N–H and O–H groups in total. The quantitative estimate of drug-likeness (QED) is 0.732. The van der Waals surface area contributed by atoms with Crippen LogP contribution in [-0.4, -0.2) is 0 Å². The van der Waals surface area contributed by atoms with E-state index in [0.29, 0.717) is 5.92 Å². The molecular weight excluding hydrogens is 206 g/mol. The van der Waals surface area contributed by atoms with Gasteiger partial charge in [-0.25, -0.2) is 0 Å². The van der Waals surface area contributed by atoms with Gasteiger partial charge in [0.1, 0.15) is 0 Å². The molecule has 1 atom stereocenters. The van der Waals surface area contributed by atoms with E-state index in [1.807, 2.05) is 12.1 Å². The number of nitrogens with two attached hydrogens (primary N) is 1. The fourth-order valence-electron chi connectivity index (χ4n) is 2.83. The van der Waals surface area contributed by atoms with Gasteiger partial charge in [0.05, 0.1) is 0 Å². The Morgan fingerprint density at radius 1 is 0.941 bits per heavy atom. The molecular formula is C16H17N. The second-order valence-corrected chi connectivity index (χ2v) is 4.81. The summed E-state index contributed by atoms with van der Waals surface area (Å²) in [6.07, 6.45) is 3.76. The molecule has 0 amide bonds. The smallest absolute Gasteiger partial charge is 0.0314 e. The van der Waals surface area contributed by atoms with Crippen LogP contribution in [0.25, 0.3) is 0 Å². The van der Waals surface area contributed by atoms with Crippen molar-refractivity contribution >= 4 is 5.69 Å². The summed E-state index contributed by atoms with van der Waals surface area (Å²) in [5.41, 5.74) is 11.0. The molecule has 0 radical (unpaired) electrons. The van der Waals surface area contributed by atoms with E-state index in [2.05, 4.69) is 36.4 Å². The van der Waals surface area contributed by atoms with Gasteiger partial charge in [-0.2, -0.15) is 0 Å². The van der Waals surface area contributed by atoms with Crippen LogP contribution < -0.4 is 5.73 Å². The fraction of sp³-hybridized carbons (Fsp3) is 0.250. The van der Waals surface area contributed by atoms with E-state index in [1.165, 1.54) is 36.0 Å². The van der Waals surface area contributed by atoms with Gasteiger partial charge in [-0.15, -0.1) is 0 Å². The van der Waals surface area contributed by atoms with E-state index in [9.17, 15) is 0 Å². The standard InChI is InChI=1S/C16H17N/c17-14-10-8-13(9-11-14)16-7-3-5-12-4-1-2-6-15(12)16/h1-2,4,6,8-11,16H,3,5,7,17H2. The highest BCUT2D eigenvalue weighted by Crippen LogP contribution is 2.36. The Morgan fingerprint density at radius 3 is 2.53 bits per heavy atom. The molecule has 17 heavy (non-hydrogen) atoms. The zero-order valence-electron chi connectivity index (χ0n) is 9.89. The van der Waals surface area contributed by atoms with Crippen molar-refractivity contribution in [3.8, 4) is 0 Å². The van der Waals surface area contributed by atoms with E-state index >= 15 is 0 Å². The topological polar surface area (TPSA) is 26.0 Å². The van der Waals surface area contributed by atoms with Crippen LogP contribution >= 0.6 is 0 Å². The van der Waals surface area contributed by atoms with E-state index < -0.39 is 0 Å². The summed E-state index contributed by atoms with van der Waals surface area (Å²) in [6, 6.07) is 17.2. The largest absolute Gasteiger partial charge is 0.399 e. The van der Waals surface area contributed by atoms with E-state index in [0.717, 1.165) is 5.69 Å². The Kier molecular flexibility index (Phi) is 2.60. The summed E-state index contributed by atoms with van der Waals surface area (Å²) >= 11 is 0. The Labute approximate surface area is 102 Å². The number of hydrogen-bond donors (Lipinski definition) is 1. The molecule has 1 aliphatic rings. The van der Waals surface area contributed by atoms with Crippen LogP contribution in [0.3, 0.4) is 0 Å². The Morgan fingerprint density at radius 2 is 1.71 bits per heavy atom. The average molecular weight is 223 g/mol. The van der Waals surface area contributed by atoms with Gasteiger partial charge in [0.25, 0.3) is 0 Å². The molecule has 1 unspecified atom stereocenters. The SMILES string of the molecule is Nc1ccc(C2CCCc3ccccc32)cc1. The van der Waals surface area contributed by atoms with Crippen molar-refractivity contribution in [1.29, 1.82) is 0 Å². The predicted molar refractivity (Wildman–Crippen MR) is 72.1 cm³/mol. The van der Waals surface area contributed by atoms with Gasteiger partial charge in [0, 0.05) is 11.6 Å². The monoisotopic (exact) mass is 223 g/mol. The first-order chi connectivity index (χ1) is 8.34. The number of nitrogen functional groups attached to an aromatic ring is 1. The molecule has 1 nitrogen and oxygen atoms in total. The van der Waals surface area contributed by atoms with Gasteiger partial charge in [0.15, 0.2) is 0 Å². The number of anilines is 1. The first-order valence-electron chi connectivity index (χ1n) is 6.28. The maximum Gasteiger partial charge on any atom is 0.0314 e. The van der Waals surface area contributed by atoms with Gasteiger partial charge in [-0.1, -0.05) is 36.4 Å². The number of rotatable bonds is 1. The van der Waals surface area contributed by atoms with Crippen LogP contribution in [0.5, 0.6) is 0 Å². The van der Waals surface area contributed by atoms with E-state index in [1.54, 1.807) is 0 Å². The first kappa shape index (κ1) is 10.4. The summed E-state index contributed by atoms with van der Waals surface area (Å²) in [6.45, 7) is 0. The summed E-state index contributed by atoms with van der Waals surface area (Å²) < 4.78 is 0. The molecule has 0 fully saturated rings. The minimum atomic E-state index is 0.556. The molecule has 0 aromatic heterocycles. The number of aryl methyl sites for hydroxylation is 1. The molecule has 2 aromatic rings. The molecule has 2 aromatic carbocycles. The minimum absolute atomic E-state index is 0.556. The van der Waals surface area contributed by atoms with Crippen LogP contribution in [0.2, 0.25) is 0 Å². The van der Waals surface area contributed by atoms with Gasteiger partial charge >= 0.3 is 0 Å². The highest BCUT2D eigenvalue weighted by atomic mass is 14.5. The molecule has 0 aliphatic heterocycles. The maximum atomic E-state index is 5.75. The maximum absolute atomic E-state index is 5.75. The molecule has 0 bridgehead atoms. The zero-order chi connectivity index (χ0) is 11.7. The Bertz CT molecular complexity index is 513. The van der Waals surface area contributed by atoms with Crippen molar-refractivity contribution in [1.82, 2.24) is 0 Å². The zero-order valence-corrected chi connectivity index (χ0v) is 9.89. The lowest BCUT2D eigenvalue weighted by Gasteiger charge is -2.25. The van der Waals surface area contributed by atoms with Crippen molar-refractivity contribution in [2.45, 2.75) is 25.2 Å². The molecule has 1 aliphatic carbocycles. The summed E-state index contributed by atoms with van der Waals surface area (Å²) in [4.78, 5) is 0. The van der Waals surface area contributed by atoms with E-state index in [-0.39, 0.29) is 0 Å². The van der Waals surface area contributed by atoms with Crippen LogP contribution in [0.15, 0.2) is 48.5 Å². The lowest BCUT2D eigenvalue weighted by Crippen LogP contribution is -2.10. The number of benzene rings is 2. The lowest BCUT2D eigenvalue weighted by atomic mass is 9.79. The molecule has 86 valence electrons. The van der Waals surface area contributed by atoms with Crippen LogP contribution in [0.4, 0.5) is 5.69 Å². The Balaban J connectivity index is 2.03. The van der Waals surface area contributed by atoms with Crippen molar-refractivity contribution in [3.05, 3.63) is 65.2 Å². The molecule has 0 heterocycles. The third-order valence-corrected chi connectivity index (χ3v) is 3.71. The molecule has 0 saturated carbocycles. The van der Waals surface area contributed by atoms with Crippen LogP contribution in [0, 0.1) is 0 Å². The van der Waals surface area contributed by atoms with Gasteiger partial charge in [-0.05, 0) is 48.1 Å². The fourth-order valence-corrected chi connectivity index (χ4v) is 2.83. The molecule has 0 spiro atoms. The number of fused-ring (bicyclic) bond motifs is 1. The highest BCUT2D eigenvalue weighted by molar-refractivity contribution is 5.45. The second kappa shape index (κ2) is 4.25. The molecule has 3 rings (SSSR count). The normalized spacial score (nSPS) is 18.7. The van der Waals surface area contributed by atoms with Crippen molar-refractivity contribution < 1.29 is 0 Å². The molecule has 0 saturated heterocycles. The summed E-state index contributed by atoms with van der Waals surface area (Å²) in [5.74, 6) is 0.556. The van der Waals surface area contributed by atoms with Crippen molar-refractivity contribution in [2.24, 2.45) is 0 Å². The average Bonchev–Trinajstić information content (AvgIpc) is 2.39. The third-order valence-electron chi connectivity index (χ3n) is 3.71. The van der Waals surface area contributed by atoms with Gasteiger partial charge in [0.2, 0.25) is 0 Å². The third kappa shape index (κ3) is 1.93. The van der Waals surface area contributed by atoms with Crippen molar-refractivity contribution in [2.75, 3.05) is 5.73 Å². The summed E-state index contributed by atoms with van der Waals surface area (Å²) in [5, 5.41) is 0.